The van der Waals surface area contributed by atoms with Crippen LogP contribution < -0.4 is 14.2 Å². The van der Waals surface area contributed by atoms with Crippen molar-refractivity contribution in [3.8, 4) is 17.2 Å². The van der Waals surface area contributed by atoms with Gasteiger partial charge in [0.2, 0.25) is 0 Å². The summed E-state index contributed by atoms with van der Waals surface area (Å²) in [5, 5.41) is 0. The fraction of sp³-hybridized carbons (Fsp3) is 0.278. The Morgan fingerprint density at radius 1 is 1.04 bits per heavy atom. The third-order valence-electron chi connectivity index (χ3n) is 3.63. The largest absolute Gasteiger partial charge is 0.496 e. The monoisotopic (exact) mass is 393 g/mol. The normalized spacial score (nSPS) is 10.2. The van der Waals surface area contributed by atoms with E-state index < -0.39 is 0 Å². The fourth-order valence-corrected chi connectivity index (χ4v) is 2.87. The number of amides is 1. The second-order valence-electron chi connectivity index (χ2n) is 5.16. The van der Waals surface area contributed by atoms with Crippen LogP contribution in [0.1, 0.15) is 15.9 Å². The van der Waals surface area contributed by atoms with Crippen LogP contribution in [0.15, 0.2) is 40.9 Å². The summed E-state index contributed by atoms with van der Waals surface area (Å²) in [7, 11) is 6.41. The molecule has 0 aliphatic rings. The molecule has 2 rings (SSSR count). The lowest BCUT2D eigenvalue weighted by atomic mass is 10.1. The van der Waals surface area contributed by atoms with Crippen LogP contribution in [0, 0.1) is 0 Å². The number of halogens is 1. The summed E-state index contributed by atoms with van der Waals surface area (Å²) in [5.41, 5.74) is 1.36. The first-order chi connectivity index (χ1) is 11.5. The van der Waals surface area contributed by atoms with E-state index in [-0.39, 0.29) is 5.91 Å². The maximum Gasteiger partial charge on any atom is 0.257 e. The van der Waals surface area contributed by atoms with E-state index in [1.54, 1.807) is 44.4 Å². The van der Waals surface area contributed by atoms with Gasteiger partial charge in [0.05, 0.1) is 26.9 Å². The third-order valence-corrected chi connectivity index (χ3v) is 4.12. The third kappa shape index (κ3) is 3.82. The Morgan fingerprint density at radius 3 is 2.38 bits per heavy atom. The predicted octanol–water partition coefficient (Wildman–Crippen LogP) is 3.75. The second-order valence-corrected chi connectivity index (χ2v) is 6.07. The molecular formula is C18H20BrNO4. The molecule has 0 spiro atoms. The summed E-state index contributed by atoms with van der Waals surface area (Å²) in [6, 6.07) is 10.9. The van der Waals surface area contributed by atoms with Gasteiger partial charge in [0.1, 0.15) is 5.75 Å². The minimum Gasteiger partial charge on any atom is -0.496 e. The molecule has 0 saturated heterocycles. The van der Waals surface area contributed by atoms with E-state index in [0.717, 1.165) is 15.8 Å². The Labute approximate surface area is 150 Å². The van der Waals surface area contributed by atoms with Gasteiger partial charge < -0.3 is 19.1 Å². The number of carbonyl (C=O) groups is 1. The Balaban J connectivity index is 2.29. The van der Waals surface area contributed by atoms with Gasteiger partial charge in [-0.25, -0.2) is 0 Å². The molecule has 0 N–H and O–H groups in total. The number of nitrogens with zero attached hydrogens (tertiary/aromatic N) is 1. The number of methoxy groups -OCH3 is 3. The van der Waals surface area contributed by atoms with Crippen LogP contribution in [-0.4, -0.2) is 39.2 Å². The molecule has 0 aliphatic carbocycles. The van der Waals surface area contributed by atoms with Crippen LogP contribution in [-0.2, 0) is 6.54 Å². The van der Waals surface area contributed by atoms with Crippen molar-refractivity contribution in [2.45, 2.75) is 6.54 Å². The number of para-hydroxylation sites is 1. The zero-order chi connectivity index (χ0) is 17.7. The Hall–Kier alpha value is -2.21. The molecule has 0 aliphatic heterocycles. The lowest BCUT2D eigenvalue weighted by Crippen LogP contribution is -2.27. The maximum absolute atomic E-state index is 12.8. The van der Waals surface area contributed by atoms with Crippen molar-refractivity contribution in [1.82, 2.24) is 4.90 Å². The van der Waals surface area contributed by atoms with Gasteiger partial charge in [-0.15, -0.1) is 0 Å². The van der Waals surface area contributed by atoms with Crippen LogP contribution >= 0.6 is 15.9 Å². The van der Waals surface area contributed by atoms with Crippen molar-refractivity contribution in [3.05, 3.63) is 52.0 Å². The van der Waals surface area contributed by atoms with Crippen LogP contribution in [0.5, 0.6) is 17.2 Å². The van der Waals surface area contributed by atoms with E-state index in [1.807, 2.05) is 18.2 Å². The predicted molar refractivity (Wildman–Crippen MR) is 96.0 cm³/mol. The second kappa shape index (κ2) is 8.06. The van der Waals surface area contributed by atoms with Crippen molar-refractivity contribution in [2.24, 2.45) is 0 Å². The summed E-state index contributed by atoms with van der Waals surface area (Å²) in [5.74, 6) is 1.53. The summed E-state index contributed by atoms with van der Waals surface area (Å²) < 4.78 is 16.9. The molecule has 0 fully saturated rings. The van der Waals surface area contributed by atoms with Gasteiger partial charge in [-0.05, 0) is 30.3 Å². The van der Waals surface area contributed by atoms with Crippen molar-refractivity contribution in [1.29, 1.82) is 0 Å². The first-order valence-corrected chi connectivity index (χ1v) is 8.10. The van der Waals surface area contributed by atoms with E-state index in [2.05, 4.69) is 15.9 Å². The number of hydrogen-bond donors (Lipinski definition) is 0. The average molecular weight is 394 g/mol. The molecule has 128 valence electrons. The highest BCUT2D eigenvalue weighted by molar-refractivity contribution is 9.10. The molecule has 0 saturated carbocycles. The summed E-state index contributed by atoms with van der Waals surface area (Å²) in [6.45, 7) is 0.405. The Morgan fingerprint density at radius 2 is 1.75 bits per heavy atom. The van der Waals surface area contributed by atoms with Gasteiger partial charge in [-0.1, -0.05) is 22.0 Å². The molecule has 6 heteroatoms. The quantitative estimate of drug-likeness (QED) is 0.749. The van der Waals surface area contributed by atoms with E-state index in [1.165, 1.54) is 7.11 Å². The first kappa shape index (κ1) is 18.1. The molecule has 2 aromatic carbocycles. The molecule has 0 radical (unpaired) electrons. The van der Waals surface area contributed by atoms with E-state index in [0.29, 0.717) is 23.6 Å². The van der Waals surface area contributed by atoms with Gasteiger partial charge in [0.25, 0.3) is 5.91 Å². The van der Waals surface area contributed by atoms with E-state index >= 15 is 0 Å². The average Bonchev–Trinajstić information content (AvgIpc) is 2.60. The Kier molecular flexibility index (Phi) is 6.09. The highest BCUT2D eigenvalue weighted by Gasteiger charge is 2.20. The smallest absolute Gasteiger partial charge is 0.257 e. The van der Waals surface area contributed by atoms with Gasteiger partial charge in [0, 0.05) is 23.6 Å². The van der Waals surface area contributed by atoms with Crippen LogP contribution in [0.25, 0.3) is 0 Å². The van der Waals surface area contributed by atoms with Crippen molar-refractivity contribution < 1.29 is 19.0 Å². The number of rotatable bonds is 6. The van der Waals surface area contributed by atoms with Crippen LogP contribution in [0.2, 0.25) is 0 Å². The Bertz CT molecular complexity index is 733. The summed E-state index contributed by atoms with van der Waals surface area (Å²) >= 11 is 3.44. The lowest BCUT2D eigenvalue weighted by Gasteiger charge is -2.21. The molecule has 0 bridgehead atoms. The van der Waals surface area contributed by atoms with Gasteiger partial charge in [-0.3, -0.25) is 4.79 Å². The molecule has 1 amide bonds. The molecule has 2 aromatic rings. The molecule has 24 heavy (non-hydrogen) atoms. The first-order valence-electron chi connectivity index (χ1n) is 7.30. The van der Waals surface area contributed by atoms with Gasteiger partial charge in [-0.2, -0.15) is 0 Å². The molecule has 0 atom stereocenters. The zero-order valence-corrected chi connectivity index (χ0v) is 15.7. The number of hydrogen-bond acceptors (Lipinski definition) is 4. The van der Waals surface area contributed by atoms with Crippen LogP contribution in [0.4, 0.5) is 0 Å². The highest BCUT2D eigenvalue weighted by Crippen LogP contribution is 2.32. The molecule has 0 unspecified atom stereocenters. The highest BCUT2D eigenvalue weighted by atomic mass is 79.9. The van der Waals surface area contributed by atoms with Crippen molar-refractivity contribution in [3.63, 3.8) is 0 Å². The van der Waals surface area contributed by atoms with E-state index in [4.69, 9.17) is 14.2 Å². The molecule has 0 aromatic heterocycles. The number of ether oxygens (including phenoxy) is 3. The lowest BCUT2D eigenvalue weighted by molar-refractivity contribution is 0.0780. The minimum absolute atomic E-state index is 0.159. The van der Waals surface area contributed by atoms with Crippen LogP contribution in [0.3, 0.4) is 0 Å². The molecular weight excluding hydrogens is 374 g/mol. The number of carbonyl (C=O) groups excluding carboxylic acids is 1. The molecule has 5 nitrogen and oxygen atoms in total. The summed E-state index contributed by atoms with van der Waals surface area (Å²) in [4.78, 5) is 14.4. The maximum atomic E-state index is 12.8. The molecule has 0 heterocycles. The van der Waals surface area contributed by atoms with Crippen molar-refractivity contribution in [2.75, 3.05) is 28.4 Å². The van der Waals surface area contributed by atoms with Gasteiger partial charge >= 0.3 is 0 Å². The topological polar surface area (TPSA) is 48.0 Å². The van der Waals surface area contributed by atoms with E-state index in [9.17, 15) is 4.79 Å². The zero-order valence-electron chi connectivity index (χ0n) is 14.1. The summed E-state index contributed by atoms with van der Waals surface area (Å²) in [6.07, 6.45) is 0. The van der Waals surface area contributed by atoms with Gasteiger partial charge in [0.15, 0.2) is 11.5 Å². The fourth-order valence-electron chi connectivity index (χ4n) is 2.46. The minimum atomic E-state index is -0.159. The number of benzene rings is 2. The SMILES string of the molecule is COc1ccc(Br)cc1CN(C)C(=O)c1cccc(OC)c1OC. The standard InChI is InChI=1S/C18H20BrNO4/c1-20(11-12-10-13(19)8-9-15(12)22-2)18(21)14-6-5-7-16(23-3)17(14)24-4/h5-10H,11H2,1-4H3. The van der Waals surface area contributed by atoms with Crippen molar-refractivity contribution >= 4 is 21.8 Å².